The van der Waals surface area contributed by atoms with Crippen molar-refractivity contribution in [2.24, 2.45) is 0 Å². The molecule has 0 bridgehead atoms. The fourth-order valence-electron chi connectivity index (χ4n) is 2.19. The minimum Gasteiger partial charge on any atom is -0.343 e. The number of hydrogen-bond acceptors (Lipinski definition) is 2. The molecule has 120 valence electrons. The highest BCUT2D eigenvalue weighted by Crippen LogP contribution is 2.12. The smallest absolute Gasteiger partial charge is 0.251 e. The molecule has 0 saturated carbocycles. The standard InChI is InChI=1S/C18H19ClN2O2/c1-2-21(13-14-7-6-10-16(19)11-14)17(22)12-20-18(23)15-8-4-3-5-9-15/h3-11H,2,12-13H2,1H3,(H,20,23). The molecule has 0 heterocycles. The largest absolute Gasteiger partial charge is 0.343 e. The zero-order chi connectivity index (χ0) is 16.7. The van der Waals surface area contributed by atoms with E-state index in [0.717, 1.165) is 5.56 Å². The first-order chi connectivity index (χ1) is 11.1. The molecule has 0 unspecified atom stereocenters. The molecular weight excluding hydrogens is 312 g/mol. The van der Waals surface area contributed by atoms with Crippen LogP contribution in [0.3, 0.4) is 0 Å². The van der Waals surface area contributed by atoms with Crippen LogP contribution in [-0.4, -0.2) is 29.8 Å². The lowest BCUT2D eigenvalue weighted by atomic mass is 10.2. The topological polar surface area (TPSA) is 49.4 Å². The van der Waals surface area contributed by atoms with Gasteiger partial charge in [0.15, 0.2) is 0 Å². The van der Waals surface area contributed by atoms with Crippen molar-refractivity contribution in [1.29, 1.82) is 0 Å². The number of benzene rings is 2. The van der Waals surface area contributed by atoms with Crippen molar-refractivity contribution in [2.75, 3.05) is 13.1 Å². The first-order valence-electron chi connectivity index (χ1n) is 7.45. The molecule has 0 radical (unpaired) electrons. The van der Waals surface area contributed by atoms with Crippen molar-refractivity contribution in [1.82, 2.24) is 10.2 Å². The number of hydrogen-bond donors (Lipinski definition) is 1. The van der Waals surface area contributed by atoms with E-state index in [-0.39, 0.29) is 18.4 Å². The van der Waals surface area contributed by atoms with Gasteiger partial charge in [0.2, 0.25) is 5.91 Å². The summed E-state index contributed by atoms with van der Waals surface area (Å²) >= 11 is 5.96. The molecule has 4 nitrogen and oxygen atoms in total. The summed E-state index contributed by atoms with van der Waals surface area (Å²) in [6, 6.07) is 16.2. The average Bonchev–Trinajstić information content (AvgIpc) is 2.58. The van der Waals surface area contributed by atoms with Gasteiger partial charge < -0.3 is 10.2 Å². The van der Waals surface area contributed by atoms with E-state index < -0.39 is 0 Å². The zero-order valence-corrected chi connectivity index (χ0v) is 13.7. The summed E-state index contributed by atoms with van der Waals surface area (Å²) in [4.78, 5) is 25.9. The molecule has 23 heavy (non-hydrogen) atoms. The Labute approximate surface area is 141 Å². The van der Waals surface area contributed by atoms with Crippen molar-refractivity contribution in [3.63, 3.8) is 0 Å². The fraction of sp³-hybridized carbons (Fsp3) is 0.222. The second kappa shape index (κ2) is 8.34. The predicted molar refractivity (Wildman–Crippen MR) is 91.3 cm³/mol. The van der Waals surface area contributed by atoms with E-state index in [2.05, 4.69) is 5.32 Å². The number of likely N-dealkylation sites (N-methyl/N-ethyl adjacent to an activating group) is 1. The van der Waals surface area contributed by atoms with E-state index in [0.29, 0.717) is 23.7 Å². The molecule has 5 heteroatoms. The summed E-state index contributed by atoms with van der Waals surface area (Å²) in [6.45, 7) is 2.91. The minimum atomic E-state index is -0.252. The summed E-state index contributed by atoms with van der Waals surface area (Å²) in [5, 5.41) is 3.30. The van der Waals surface area contributed by atoms with Gasteiger partial charge in [-0.1, -0.05) is 41.9 Å². The first kappa shape index (κ1) is 17.0. The monoisotopic (exact) mass is 330 g/mol. The third-order valence-electron chi connectivity index (χ3n) is 3.43. The van der Waals surface area contributed by atoms with Crippen LogP contribution < -0.4 is 5.32 Å². The van der Waals surface area contributed by atoms with Crippen molar-refractivity contribution in [3.05, 3.63) is 70.7 Å². The van der Waals surface area contributed by atoms with Gasteiger partial charge >= 0.3 is 0 Å². The van der Waals surface area contributed by atoms with E-state index in [1.165, 1.54) is 0 Å². The number of nitrogens with zero attached hydrogens (tertiary/aromatic N) is 1. The summed E-state index contributed by atoms with van der Waals surface area (Å²) in [5.41, 5.74) is 1.50. The molecule has 0 atom stereocenters. The van der Waals surface area contributed by atoms with Gasteiger partial charge in [-0.05, 0) is 36.8 Å². The Balaban J connectivity index is 1.91. The van der Waals surface area contributed by atoms with E-state index in [1.54, 1.807) is 35.2 Å². The van der Waals surface area contributed by atoms with Crippen molar-refractivity contribution < 1.29 is 9.59 Å². The number of amides is 2. The van der Waals surface area contributed by atoms with E-state index >= 15 is 0 Å². The molecule has 0 fully saturated rings. The van der Waals surface area contributed by atoms with Crippen LogP contribution in [0.4, 0.5) is 0 Å². The second-order valence-electron chi connectivity index (χ2n) is 5.09. The molecule has 0 saturated heterocycles. The lowest BCUT2D eigenvalue weighted by Crippen LogP contribution is -2.39. The van der Waals surface area contributed by atoms with Crippen LogP contribution in [0.5, 0.6) is 0 Å². The summed E-state index contributed by atoms with van der Waals surface area (Å²) in [5.74, 6) is -0.380. The van der Waals surface area contributed by atoms with E-state index in [1.807, 2.05) is 31.2 Å². The van der Waals surface area contributed by atoms with Crippen LogP contribution >= 0.6 is 11.6 Å². The number of carbonyl (C=O) groups is 2. The molecule has 2 amide bonds. The maximum absolute atomic E-state index is 12.3. The lowest BCUT2D eigenvalue weighted by Gasteiger charge is -2.21. The highest BCUT2D eigenvalue weighted by atomic mass is 35.5. The number of rotatable bonds is 6. The number of carbonyl (C=O) groups excluding carboxylic acids is 2. The van der Waals surface area contributed by atoms with Gasteiger partial charge in [-0.25, -0.2) is 0 Å². The Bertz CT molecular complexity index is 674. The van der Waals surface area contributed by atoms with Gasteiger partial charge in [0, 0.05) is 23.7 Å². The van der Waals surface area contributed by atoms with Crippen molar-refractivity contribution in [2.45, 2.75) is 13.5 Å². The van der Waals surface area contributed by atoms with Crippen LogP contribution in [-0.2, 0) is 11.3 Å². The number of halogens is 1. The van der Waals surface area contributed by atoms with Gasteiger partial charge in [0.05, 0.1) is 6.54 Å². The Morgan fingerprint density at radius 3 is 2.48 bits per heavy atom. The molecule has 2 rings (SSSR count). The van der Waals surface area contributed by atoms with Crippen LogP contribution in [0.1, 0.15) is 22.8 Å². The third-order valence-corrected chi connectivity index (χ3v) is 3.67. The minimum absolute atomic E-state index is 0.0257. The highest BCUT2D eigenvalue weighted by molar-refractivity contribution is 6.30. The SMILES string of the molecule is CCN(Cc1cccc(Cl)c1)C(=O)CNC(=O)c1ccccc1. The van der Waals surface area contributed by atoms with Gasteiger partial charge in [-0.2, -0.15) is 0 Å². The van der Waals surface area contributed by atoms with Gasteiger partial charge in [0.1, 0.15) is 0 Å². The average molecular weight is 331 g/mol. The first-order valence-corrected chi connectivity index (χ1v) is 7.83. The van der Waals surface area contributed by atoms with Crippen molar-refractivity contribution >= 4 is 23.4 Å². The molecule has 0 aliphatic carbocycles. The summed E-state index contributed by atoms with van der Waals surface area (Å²) in [6.07, 6.45) is 0. The normalized spacial score (nSPS) is 10.2. The van der Waals surface area contributed by atoms with Gasteiger partial charge in [0.25, 0.3) is 5.91 Å². The Morgan fingerprint density at radius 2 is 1.83 bits per heavy atom. The van der Waals surface area contributed by atoms with E-state index in [4.69, 9.17) is 11.6 Å². The van der Waals surface area contributed by atoms with Crippen LogP contribution in [0.25, 0.3) is 0 Å². The van der Waals surface area contributed by atoms with Crippen LogP contribution in [0.15, 0.2) is 54.6 Å². The lowest BCUT2D eigenvalue weighted by molar-refractivity contribution is -0.130. The Morgan fingerprint density at radius 1 is 1.09 bits per heavy atom. The maximum atomic E-state index is 12.3. The second-order valence-corrected chi connectivity index (χ2v) is 5.52. The van der Waals surface area contributed by atoms with Crippen molar-refractivity contribution in [3.8, 4) is 0 Å². The summed E-state index contributed by atoms with van der Waals surface area (Å²) in [7, 11) is 0. The molecular formula is C18H19ClN2O2. The molecule has 2 aromatic carbocycles. The molecule has 0 aliphatic rings. The van der Waals surface area contributed by atoms with E-state index in [9.17, 15) is 9.59 Å². The predicted octanol–water partition coefficient (Wildman–Crippen LogP) is 3.12. The Kier molecular flexibility index (Phi) is 6.18. The van der Waals surface area contributed by atoms with Crippen LogP contribution in [0.2, 0.25) is 5.02 Å². The molecule has 0 aliphatic heterocycles. The van der Waals surface area contributed by atoms with Gasteiger partial charge in [-0.3, -0.25) is 9.59 Å². The molecule has 0 spiro atoms. The highest BCUT2D eigenvalue weighted by Gasteiger charge is 2.14. The fourth-order valence-corrected chi connectivity index (χ4v) is 2.40. The molecule has 2 aromatic rings. The Hall–Kier alpha value is -2.33. The quantitative estimate of drug-likeness (QED) is 0.884. The maximum Gasteiger partial charge on any atom is 0.251 e. The summed E-state index contributed by atoms with van der Waals surface area (Å²) < 4.78 is 0. The molecule has 1 N–H and O–H groups in total. The third kappa shape index (κ3) is 5.11. The zero-order valence-electron chi connectivity index (χ0n) is 13.0. The molecule has 0 aromatic heterocycles. The number of nitrogens with one attached hydrogen (secondary N) is 1. The van der Waals surface area contributed by atoms with Gasteiger partial charge in [-0.15, -0.1) is 0 Å². The van der Waals surface area contributed by atoms with Crippen LogP contribution in [0, 0.1) is 0 Å².